The Bertz CT molecular complexity index is 1200. The van der Waals surface area contributed by atoms with Crippen LogP contribution in [0.25, 0.3) is 0 Å². The lowest BCUT2D eigenvalue weighted by atomic mass is 9.93. The van der Waals surface area contributed by atoms with Crippen molar-refractivity contribution < 1.29 is 32.6 Å². The van der Waals surface area contributed by atoms with E-state index in [9.17, 15) is 23.1 Å². The number of amides is 1. The fourth-order valence-electron chi connectivity index (χ4n) is 3.67. The summed E-state index contributed by atoms with van der Waals surface area (Å²) >= 11 is 0. The summed E-state index contributed by atoms with van der Waals surface area (Å²) in [7, 11) is -3.78. The summed E-state index contributed by atoms with van der Waals surface area (Å²) in [5, 5.41) is 15.8. The van der Waals surface area contributed by atoms with Gasteiger partial charge in [-0.3, -0.25) is 0 Å². The van der Waals surface area contributed by atoms with Crippen LogP contribution in [0.15, 0.2) is 59.7 Å². The molecule has 35 heavy (non-hydrogen) atoms. The van der Waals surface area contributed by atoms with E-state index in [1.165, 1.54) is 18.2 Å². The van der Waals surface area contributed by atoms with Gasteiger partial charge in [0.15, 0.2) is 9.84 Å². The lowest BCUT2D eigenvalue weighted by molar-refractivity contribution is 0.0529. The van der Waals surface area contributed by atoms with Gasteiger partial charge in [0.2, 0.25) is 0 Å². The number of carboxylic acid groups (broad SMARTS) is 1. The Hall–Kier alpha value is -3.53. The number of hydrogen-bond acceptors (Lipinski definition) is 7. The molecule has 0 fully saturated rings. The zero-order chi connectivity index (χ0) is 25.6. The van der Waals surface area contributed by atoms with Gasteiger partial charge in [-0.1, -0.05) is 30.3 Å². The molecule has 0 spiro atoms. The number of aromatic carboxylic acids is 1. The molecule has 2 aromatic rings. The maximum absolute atomic E-state index is 13.0. The third-order valence-corrected chi connectivity index (χ3v) is 6.84. The summed E-state index contributed by atoms with van der Waals surface area (Å²) in [6.07, 6.45) is 2.77. The molecule has 9 nitrogen and oxygen atoms in total. The molecule has 1 amide bonds. The van der Waals surface area contributed by atoms with Gasteiger partial charge < -0.3 is 25.2 Å². The van der Waals surface area contributed by atoms with E-state index in [4.69, 9.17) is 9.47 Å². The number of anilines is 1. The van der Waals surface area contributed by atoms with Crippen LogP contribution in [-0.4, -0.2) is 50.9 Å². The molecule has 1 heterocycles. The van der Waals surface area contributed by atoms with Gasteiger partial charge in [0.25, 0.3) is 0 Å². The van der Waals surface area contributed by atoms with Crippen molar-refractivity contribution in [1.82, 2.24) is 5.32 Å². The van der Waals surface area contributed by atoms with Crippen LogP contribution in [0.5, 0.6) is 0 Å². The van der Waals surface area contributed by atoms with E-state index in [1.54, 1.807) is 51.3 Å². The quantitative estimate of drug-likeness (QED) is 0.440. The predicted molar refractivity (Wildman–Crippen MR) is 131 cm³/mol. The number of alkyl carbamates (subject to hydrolysis) is 1. The van der Waals surface area contributed by atoms with Crippen molar-refractivity contribution in [3.63, 3.8) is 0 Å². The number of ether oxygens (including phenoxy) is 2. The van der Waals surface area contributed by atoms with Crippen LogP contribution >= 0.6 is 0 Å². The molecule has 1 aliphatic heterocycles. The van der Waals surface area contributed by atoms with Gasteiger partial charge in [0.05, 0.1) is 34.8 Å². The second kappa shape index (κ2) is 10.8. The van der Waals surface area contributed by atoms with Crippen LogP contribution in [-0.2, 0) is 25.1 Å². The maximum Gasteiger partial charge on any atom is 0.407 e. The Kier molecular flexibility index (Phi) is 8.06. The predicted octanol–water partition coefficient (Wildman–Crippen LogP) is 3.92. The average Bonchev–Trinajstić information content (AvgIpc) is 3.30. The highest BCUT2D eigenvalue weighted by Gasteiger charge is 2.27. The summed E-state index contributed by atoms with van der Waals surface area (Å²) in [6.45, 7) is 5.95. The van der Waals surface area contributed by atoms with Gasteiger partial charge in [-0.05, 0) is 50.1 Å². The number of carboxylic acids is 1. The van der Waals surface area contributed by atoms with E-state index in [1.807, 2.05) is 6.08 Å². The average molecular weight is 503 g/mol. The molecule has 0 aromatic heterocycles. The molecule has 3 N–H and O–H groups in total. The summed E-state index contributed by atoms with van der Waals surface area (Å²) in [4.78, 5) is 24.4. The summed E-state index contributed by atoms with van der Waals surface area (Å²) < 4.78 is 36.5. The molecular weight excluding hydrogens is 472 g/mol. The molecular formula is C25H30N2O7S. The molecule has 0 aliphatic carbocycles. The fraction of sp³-hybridized carbons (Fsp3) is 0.360. The van der Waals surface area contributed by atoms with Gasteiger partial charge in [0, 0.05) is 19.0 Å². The molecule has 0 saturated carbocycles. The van der Waals surface area contributed by atoms with Gasteiger partial charge in [-0.2, -0.15) is 0 Å². The van der Waals surface area contributed by atoms with Crippen molar-refractivity contribution in [2.45, 2.75) is 42.9 Å². The molecule has 0 radical (unpaired) electrons. The highest BCUT2D eigenvalue weighted by atomic mass is 32.2. The summed E-state index contributed by atoms with van der Waals surface area (Å²) in [6, 6.07) is 11.2. The number of nitrogens with one attached hydrogen (secondary N) is 2. The van der Waals surface area contributed by atoms with Crippen LogP contribution in [0.3, 0.4) is 0 Å². The second-order valence-corrected chi connectivity index (χ2v) is 11.1. The van der Waals surface area contributed by atoms with E-state index >= 15 is 0 Å². The number of carbonyl (C=O) groups is 2. The minimum atomic E-state index is -3.78. The van der Waals surface area contributed by atoms with Crippen LogP contribution in [0.2, 0.25) is 0 Å². The molecule has 0 saturated heterocycles. The smallest absolute Gasteiger partial charge is 0.407 e. The third-order valence-electron chi connectivity index (χ3n) is 5.16. The van der Waals surface area contributed by atoms with Crippen molar-refractivity contribution in [3.05, 3.63) is 71.5 Å². The molecule has 1 unspecified atom stereocenters. The zero-order valence-electron chi connectivity index (χ0n) is 19.9. The second-order valence-electron chi connectivity index (χ2n) is 9.07. The Labute approximate surface area is 205 Å². The van der Waals surface area contributed by atoms with E-state index in [2.05, 4.69) is 10.6 Å². The number of carbonyl (C=O) groups excluding carboxylic acids is 1. The summed E-state index contributed by atoms with van der Waals surface area (Å²) in [5.41, 5.74) is 0.350. The van der Waals surface area contributed by atoms with Crippen LogP contribution in [0.1, 0.15) is 48.2 Å². The van der Waals surface area contributed by atoms with E-state index < -0.39 is 33.3 Å². The van der Waals surface area contributed by atoms with Crippen molar-refractivity contribution in [3.8, 4) is 0 Å². The van der Waals surface area contributed by atoms with Crippen molar-refractivity contribution in [2.75, 3.05) is 25.0 Å². The van der Waals surface area contributed by atoms with E-state index in [0.29, 0.717) is 17.9 Å². The van der Waals surface area contributed by atoms with Gasteiger partial charge in [-0.25, -0.2) is 18.0 Å². The highest BCUT2D eigenvalue weighted by Crippen LogP contribution is 2.35. The highest BCUT2D eigenvalue weighted by molar-refractivity contribution is 7.90. The molecule has 0 bridgehead atoms. The van der Waals surface area contributed by atoms with Gasteiger partial charge >= 0.3 is 12.1 Å². The molecule has 188 valence electrons. The first-order valence-electron chi connectivity index (χ1n) is 11.1. The minimum absolute atomic E-state index is 0.114. The first kappa shape index (κ1) is 26.1. The van der Waals surface area contributed by atoms with Crippen LogP contribution in [0, 0.1) is 0 Å². The lowest BCUT2D eigenvalue weighted by Gasteiger charge is -2.21. The Morgan fingerprint density at radius 3 is 2.43 bits per heavy atom. The third kappa shape index (κ3) is 6.98. The SMILES string of the molecule is CC(C)(C)OC(=O)NCCNc1c(C2C=COC2)ccc(CS(=O)(=O)c2ccccc2)c1C(=O)O. The number of hydrogen-bond donors (Lipinski definition) is 3. The largest absolute Gasteiger partial charge is 0.501 e. The minimum Gasteiger partial charge on any atom is -0.501 e. The molecule has 1 aliphatic rings. The van der Waals surface area contributed by atoms with E-state index in [0.717, 1.165) is 0 Å². The fourth-order valence-corrected chi connectivity index (χ4v) is 5.06. The normalized spacial score (nSPS) is 15.3. The monoisotopic (exact) mass is 502 g/mol. The first-order valence-corrected chi connectivity index (χ1v) is 12.8. The number of benzene rings is 2. The Balaban J connectivity index is 1.89. The summed E-state index contributed by atoms with van der Waals surface area (Å²) in [5.74, 6) is -1.93. The molecule has 1 atom stereocenters. The first-order chi connectivity index (χ1) is 16.5. The maximum atomic E-state index is 13.0. The van der Waals surface area contributed by atoms with Crippen LogP contribution in [0.4, 0.5) is 10.5 Å². The van der Waals surface area contributed by atoms with E-state index in [-0.39, 0.29) is 35.0 Å². The standard InChI is InChI=1S/C25H30N2O7S/c1-25(2,3)34-24(30)27-13-12-26-22-20(17-11-14-33-15-17)10-9-18(21(22)23(28)29)16-35(31,32)19-7-5-4-6-8-19/h4-11,14,17,26H,12-13,15-16H2,1-3H3,(H,27,30)(H,28,29). The van der Waals surface area contributed by atoms with Gasteiger partial charge in [-0.15, -0.1) is 0 Å². The van der Waals surface area contributed by atoms with Crippen LogP contribution < -0.4 is 10.6 Å². The molecule has 2 aromatic carbocycles. The number of sulfone groups is 1. The van der Waals surface area contributed by atoms with Crippen molar-refractivity contribution >= 4 is 27.6 Å². The number of rotatable bonds is 9. The molecule has 10 heteroatoms. The van der Waals surface area contributed by atoms with Crippen molar-refractivity contribution in [2.24, 2.45) is 0 Å². The Morgan fingerprint density at radius 2 is 1.83 bits per heavy atom. The Morgan fingerprint density at radius 1 is 1.11 bits per heavy atom. The van der Waals surface area contributed by atoms with Gasteiger partial charge in [0.1, 0.15) is 5.60 Å². The molecule has 3 rings (SSSR count). The van der Waals surface area contributed by atoms with Crippen molar-refractivity contribution in [1.29, 1.82) is 0 Å². The zero-order valence-corrected chi connectivity index (χ0v) is 20.7. The lowest BCUT2D eigenvalue weighted by Crippen LogP contribution is -2.35. The topological polar surface area (TPSA) is 131 Å².